The van der Waals surface area contributed by atoms with Gasteiger partial charge in [-0.25, -0.2) is 0 Å². The largest absolute Gasteiger partial charge is 0.359 e. The topological polar surface area (TPSA) is 44.9 Å². The molecule has 1 heterocycles. The summed E-state index contributed by atoms with van der Waals surface area (Å²) in [6, 6.07) is 7.76. The number of alkyl halides is 1. The molecular formula is C10H9BrN2O. The molecule has 0 aliphatic carbocycles. The average Bonchev–Trinajstić information content (AvgIpc) is 2.66. The van der Waals surface area contributed by atoms with E-state index in [1.54, 1.807) is 0 Å². The van der Waals surface area contributed by atoms with Gasteiger partial charge in [-0.3, -0.25) is 4.79 Å². The number of rotatable bonds is 2. The smallest absolute Gasteiger partial charge is 0.235 e. The van der Waals surface area contributed by atoms with Gasteiger partial charge in [0.25, 0.3) is 0 Å². The van der Waals surface area contributed by atoms with E-state index in [1.807, 2.05) is 30.5 Å². The highest BCUT2D eigenvalue weighted by molar-refractivity contribution is 9.09. The van der Waals surface area contributed by atoms with Crippen LogP contribution in [0.2, 0.25) is 0 Å². The molecular weight excluding hydrogens is 244 g/mol. The lowest BCUT2D eigenvalue weighted by Gasteiger charge is -2.03. The van der Waals surface area contributed by atoms with Crippen LogP contribution in [0.5, 0.6) is 0 Å². The molecule has 3 nitrogen and oxygen atoms in total. The van der Waals surface area contributed by atoms with E-state index in [1.165, 1.54) is 0 Å². The zero-order chi connectivity index (χ0) is 9.97. The first-order chi connectivity index (χ1) is 6.81. The fourth-order valence-electron chi connectivity index (χ4n) is 1.37. The molecule has 0 unspecified atom stereocenters. The van der Waals surface area contributed by atoms with Crippen molar-refractivity contribution in [2.24, 2.45) is 0 Å². The molecule has 2 N–H and O–H groups in total. The fraction of sp³-hybridized carbons (Fsp3) is 0.100. The molecule has 1 amide bonds. The van der Waals surface area contributed by atoms with Crippen molar-refractivity contribution in [1.29, 1.82) is 0 Å². The predicted octanol–water partition coefficient (Wildman–Crippen LogP) is 2.50. The summed E-state index contributed by atoms with van der Waals surface area (Å²) >= 11 is 3.10. The first kappa shape index (κ1) is 9.27. The highest BCUT2D eigenvalue weighted by Gasteiger charge is 2.04. The number of aromatic nitrogens is 1. The summed E-state index contributed by atoms with van der Waals surface area (Å²) in [7, 11) is 0. The molecule has 0 spiro atoms. The zero-order valence-corrected chi connectivity index (χ0v) is 8.97. The van der Waals surface area contributed by atoms with Gasteiger partial charge >= 0.3 is 0 Å². The fourth-order valence-corrected chi connectivity index (χ4v) is 1.51. The Morgan fingerprint density at radius 3 is 3.07 bits per heavy atom. The van der Waals surface area contributed by atoms with Crippen LogP contribution in [0.15, 0.2) is 30.5 Å². The van der Waals surface area contributed by atoms with Crippen molar-refractivity contribution in [3.05, 3.63) is 30.5 Å². The quantitative estimate of drug-likeness (QED) is 0.793. The number of fused-ring (bicyclic) bond motifs is 1. The molecule has 2 aromatic rings. The second kappa shape index (κ2) is 3.84. The summed E-state index contributed by atoms with van der Waals surface area (Å²) in [4.78, 5) is 14.3. The molecule has 72 valence electrons. The number of para-hydroxylation sites is 1. The number of aromatic amines is 1. The maximum absolute atomic E-state index is 11.2. The summed E-state index contributed by atoms with van der Waals surface area (Å²) in [5, 5.41) is 4.21. The van der Waals surface area contributed by atoms with Crippen molar-refractivity contribution in [1.82, 2.24) is 4.98 Å². The Hall–Kier alpha value is -1.29. The van der Waals surface area contributed by atoms with Gasteiger partial charge in [0.2, 0.25) is 5.91 Å². The van der Waals surface area contributed by atoms with Gasteiger partial charge in [-0.05, 0) is 12.1 Å². The van der Waals surface area contributed by atoms with E-state index in [9.17, 15) is 4.79 Å². The highest BCUT2D eigenvalue weighted by Crippen LogP contribution is 2.21. The molecule has 0 atom stereocenters. The van der Waals surface area contributed by atoms with Crippen LogP contribution < -0.4 is 5.32 Å². The van der Waals surface area contributed by atoms with Gasteiger partial charge in [-0.15, -0.1) is 0 Å². The van der Waals surface area contributed by atoms with Crippen molar-refractivity contribution in [3.8, 4) is 0 Å². The van der Waals surface area contributed by atoms with Gasteiger partial charge in [0.15, 0.2) is 0 Å². The van der Waals surface area contributed by atoms with Crippen LogP contribution in [0, 0.1) is 0 Å². The van der Waals surface area contributed by atoms with Crippen LogP contribution in [0.3, 0.4) is 0 Å². The van der Waals surface area contributed by atoms with E-state index >= 15 is 0 Å². The van der Waals surface area contributed by atoms with E-state index in [0.29, 0.717) is 5.33 Å². The van der Waals surface area contributed by atoms with Gasteiger partial charge in [0.05, 0.1) is 16.5 Å². The van der Waals surface area contributed by atoms with Gasteiger partial charge in [0, 0.05) is 11.6 Å². The highest BCUT2D eigenvalue weighted by atomic mass is 79.9. The maximum atomic E-state index is 11.2. The Balaban J connectivity index is 2.41. The molecule has 0 saturated carbocycles. The summed E-state index contributed by atoms with van der Waals surface area (Å²) in [6.07, 6.45) is 1.86. The number of anilines is 1. The Morgan fingerprint density at radius 2 is 2.29 bits per heavy atom. The Labute approximate surface area is 89.6 Å². The summed E-state index contributed by atoms with van der Waals surface area (Å²) in [5.41, 5.74) is 1.78. The van der Waals surface area contributed by atoms with Gasteiger partial charge in [-0.2, -0.15) is 0 Å². The Morgan fingerprint density at radius 1 is 1.43 bits per heavy atom. The first-order valence-corrected chi connectivity index (χ1v) is 5.35. The zero-order valence-electron chi connectivity index (χ0n) is 7.38. The number of H-pyrrole nitrogens is 1. The molecule has 4 heteroatoms. The normalized spacial score (nSPS) is 10.4. The number of hydrogen-bond acceptors (Lipinski definition) is 1. The third-order valence-electron chi connectivity index (χ3n) is 1.98. The van der Waals surface area contributed by atoms with Crippen molar-refractivity contribution in [2.45, 2.75) is 0 Å². The number of halogens is 1. The minimum Gasteiger partial charge on any atom is -0.359 e. The third-order valence-corrected chi connectivity index (χ3v) is 2.49. The number of hydrogen-bond donors (Lipinski definition) is 2. The predicted molar refractivity (Wildman–Crippen MR) is 60.7 cm³/mol. The standard InChI is InChI=1S/C10H9BrN2O/c11-6-9(14)13-8-3-1-2-7-4-5-12-10(7)8/h1-5,12H,6H2,(H,13,14). The van der Waals surface area contributed by atoms with Crippen molar-refractivity contribution >= 4 is 38.4 Å². The van der Waals surface area contributed by atoms with Crippen molar-refractivity contribution < 1.29 is 4.79 Å². The van der Waals surface area contributed by atoms with E-state index in [0.717, 1.165) is 16.6 Å². The second-order valence-corrected chi connectivity index (χ2v) is 3.49. The second-order valence-electron chi connectivity index (χ2n) is 2.93. The SMILES string of the molecule is O=C(CBr)Nc1cccc2cc[nH]c12. The lowest BCUT2D eigenvalue weighted by molar-refractivity contribution is -0.113. The maximum Gasteiger partial charge on any atom is 0.235 e. The lowest BCUT2D eigenvalue weighted by atomic mass is 10.2. The van der Waals surface area contributed by atoms with E-state index < -0.39 is 0 Å². The van der Waals surface area contributed by atoms with Gasteiger partial charge < -0.3 is 10.3 Å². The van der Waals surface area contributed by atoms with E-state index in [-0.39, 0.29) is 5.91 Å². The molecule has 14 heavy (non-hydrogen) atoms. The minimum atomic E-state index is -0.0490. The Bertz CT molecular complexity index is 464. The number of nitrogens with one attached hydrogen (secondary N) is 2. The summed E-state index contributed by atoms with van der Waals surface area (Å²) < 4.78 is 0. The summed E-state index contributed by atoms with van der Waals surface area (Å²) in [5.74, 6) is -0.0490. The molecule has 0 aliphatic heterocycles. The average molecular weight is 253 g/mol. The minimum absolute atomic E-state index is 0.0490. The van der Waals surface area contributed by atoms with Crippen LogP contribution in [-0.4, -0.2) is 16.2 Å². The monoisotopic (exact) mass is 252 g/mol. The van der Waals surface area contributed by atoms with Crippen LogP contribution in [0.4, 0.5) is 5.69 Å². The van der Waals surface area contributed by atoms with Crippen LogP contribution in [0.1, 0.15) is 0 Å². The summed E-state index contributed by atoms with van der Waals surface area (Å²) in [6.45, 7) is 0. The molecule has 1 aromatic carbocycles. The van der Waals surface area contributed by atoms with Gasteiger partial charge in [0.1, 0.15) is 0 Å². The molecule has 0 bridgehead atoms. The number of benzene rings is 1. The molecule has 0 radical (unpaired) electrons. The van der Waals surface area contributed by atoms with Crippen LogP contribution in [-0.2, 0) is 4.79 Å². The van der Waals surface area contributed by atoms with E-state index in [4.69, 9.17) is 0 Å². The number of carbonyl (C=O) groups is 1. The van der Waals surface area contributed by atoms with Crippen molar-refractivity contribution in [2.75, 3.05) is 10.6 Å². The molecule has 0 saturated heterocycles. The number of carbonyl (C=O) groups excluding carboxylic acids is 1. The molecule has 2 rings (SSSR count). The van der Waals surface area contributed by atoms with Crippen molar-refractivity contribution in [3.63, 3.8) is 0 Å². The Kier molecular flexibility index (Phi) is 2.54. The van der Waals surface area contributed by atoms with Crippen LogP contribution in [0.25, 0.3) is 10.9 Å². The third kappa shape index (κ3) is 1.65. The van der Waals surface area contributed by atoms with E-state index in [2.05, 4.69) is 26.2 Å². The number of amides is 1. The molecule has 0 aliphatic rings. The van der Waals surface area contributed by atoms with Gasteiger partial charge in [-0.1, -0.05) is 28.1 Å². The first-order valence-electron chi connectivity index (χ1n) is 4.23. The molecule has 1 aromatic heterocycles. The molecule has 0 fully saturated rings. The lowest BCUT2D eigenvalue weighted by Crippen LogP contribution is -2.12. The van der Waals surface area contributed by atoms with Crippen LogP contribution >= 0.6 is 15.9 Å².